The Bertz CT molecular complexity index is 308. The maximum atomic E-state index is 12.4. The molecular weight excluding hydrogens is 199 g/mol. The molecule has 1 aromatic heterocycles. The zero-order valence-corrected chi connectivity index (χ0v) is 7.51. The summed E-state index contributed by atoms with van der Waals surface area (Å²) in [5.74, 6) is -0.287. The van der Waals surface area contributed by atoms with Crippen molar-refractivity contribution in [3.8, 4) is 5.75 Å². The predicted molar refractivity (Wildman–Crippen MR) is 42.8 cm³/mol. The summed E-state index contributed by atoms with van der Waals surface area (Å²) >= 11 is 0. The maximum Gasteiger partial charge on any atom is 0.436 e. The highest BCUT2D eigenvalue weighted by atomic mass is 19.4. The van der Waals surface area contributed by atoms with Crippen molar-refractivity contribution in [3.05, 3.63) is 11.9 Å². The molecule has 80 valence electrons. The molecule has 0 saturated carbocycles. The lowest BCUT2D eigenvalue weighted by molar-refractivity contribution is -0.145. The van der Waals surface area contributed by atoms with E-state index in [1.54, 1.807) is 0 Å². The molecule has 1 aromatic rings. The molecule has 0 fully saturated rings. The molecule has 0 bridgehead atoms. The van der Waals surface area contributed by atoms with Gasteiger partial charge in [0.05, 0.1) is 6.20 Å². The van der Waals surface area contributed by atoms with E-state index in [0.29, 0.717) is 0 Å². The van der Waals surface area contributed by atoms with Gasteiger partial charge in [-0.25, -0.2) is 0 Å². The molecular formula is C7H10F3N3O. The number of aromatic nitrogens is 2. The molecule has 4 nitrogen and oxygen atoms in total. The highest BCUT2D eigenvalue weighted by Gasteiger charge is 2.38. The van der Waals surface area contributed by atoms with Gasteiger partial charge in [-0.3, -0.25) is 4.68 Å². The smallest absolute Gasteiger partial charge is 0.436 e. The Hall–Kier alpha value is -1.24. The Morgan fingerprint density at radius 3 is 2.71 bits per heavy atom. The molecule has 0 radical (unpaired) electrons. The third-order valence-electron chi connectivity index (χ3n) is 1.55. The number of rotatable bonds is 3. The second-order valence-electron chi connectivity index (χ2n) is 2.62. The van der Waals surface area contributed by atoms with Crippen LogP contribution in [0.5, 0.6) is 5.75 Å². The van der Waals surface area contributed by atoms with E-state index in [4.69, 9.17) is 10.5 Å². The summed E-state index contributed by atoms with van der Waals surface area (Å²) in [6, 6.07) is 0. The van der Waals surface area contributed by atoms with Crippen molar-refractivity contribution in [2.75, 3.05) is 13.2 Å². The van der Waals surface area contributed by atoms with Gasteiger partial charge in [0.25, 0.3) is 0 Å². The molecule has 14 heavy (non-hydrogen) atoms. The molecule has 0 spiro atoms. The summed E-state index contributed by atoms with van der Waals surface area (Å²) in [6.07, 6.45) is -3.44. The Morgan fingerprint density at radius 2 is 2.21 bits per heavy atom. The zero-order chi connectivity index (χ0) is 10.8. The van der Waals surface area contributed by atoms with E-state index in [0.717, 1.165) is 10.9 Å². The molecule has 1 heterocycles. The number of aryl methyl sites for hydroxylation is 1. The minimum Gasteiger partial charge on any atom is -0.488 e. The van der Waals surface area contributed by atoms with Crippen LogP contribution in [-0.2, 0) is 13.2 Å². The lowest BCUT2D eigenvalue weighted by atomic mass is 10.4. The van der Waals surface area contributed by atoms with Gasteiger partial charge in [0.2, 0.25) is 0 Å². The topological polar surface area (TPSA) is 53.1 Å². The van der Waals surface area contributed by atoms with E-state index >= 15 is 0 Å². The van der Waals surface area contributed by atoms with Crippen LogP contribution < -0.4 is 10.5 Å². The average Bonchev–Trinajstić information content (AvgIpc) is 2.42. The van der Waals surface area contributed by atoms with Crippen molar-refractivity contribution >= 4 is 0 Å². The number of nitrogens with zero attached hydrogens (tertiary/aromatic N) is 2. The second-order valence-corrected chi connectivity index (χ2v) is 2.62. The number of alkyl halides is 3. The fourth-order valence-corrected chi connectivity index (χ4v) is 1.02. The minimum atomic E-state index is -4.46. The summed E-state index contributed by atoms with van der Waals surface area (Å²) in [6.45, 7) is 0.195. The van der Waals surface area contributed by atoms with Crippen LogP contribution in [0.4, 0.5) is 13.2 Å². The monoisotopic (exact) mass is 209 g/mol. The number of ether oxygens (including phenoxy) is 1. The molecule has 0 aliphatic heterocycles. The van der Waals surface area contributed by atoms with Crippen LogP contribution >= 0.6 is 0 Å². The first-order valence-electron chi connectivity index (χ1n) is 3.89. The largest absolute Gasteiger partial charge is 0.488 e. The third kappa shape index (κ3) is 2.16. The molecule has 1 rings (SSSR count). The van der Waals surface area contributed by atoms with E-state index < -0.39 is 11.9 Å². The lowest BCUT2D eigenvalue weighted by Crippen LogP contribution is -2.16. The van der Waals surface area contributed by atoms with Gasteiger partial charge in [0.1, 0.15) is 6.61 Å². The fraction of sp³-hybridized carbons (Fsp3) is 0.571. The SMILES string of the molecule is Cn1ncc(OCCN)c1C(F)(F)F. The average molecular weight is 209 g/mol. The van der Waals surface area contributed by atoms with E-state index in [1.165, 1.54) is 7.05 Å². The summed E-state index contributed by atoms with van der Waals surface area (Å²) in [4.78, 5) is 0. The van der Waals surface area contributed by atoms with E-state index in [-0.39, 0.29) is 18.9 Å². The number of hydrogen-bond acceptors (Lipinski definition) is 3. The maximum absolute atomic E-state index is 12.4. The van der Waals surface area contributed by atoms with Crippen LogP contribution in [0.3, 0.4) is 0 Å². The van der Waals surface area contributed by atoms with Gasteiger partial charge < -0.3 is 10.5 Å². The van der Waals surface area contributed by atoms with Crippen molar-refractivity contribution in [1.82, 2.24) is 9.78 Å². The van der Waals surface area contributed by atoms with Gasteiger partial charge in [-0.05, 0) is 0 Å². The van der Waals surface area contributed by atoms with Gasteiger partial charge in [-0.1, -0.05) is 0 Å². The summed E-state index contributed by atoms with van der Waals surface area (Å²) in [5.41, 5.74) is 4.21. The molecule has 0 aliphatic carbocycles. The van der Waals surface area contributed by atoms with E-state index in [9.17, 15) is 13.2 Å². The first-order valence-corrected chi connectivity index (χ1v) is 3.89. The van der Waals surface area contributed by atoms with Crippen LogP contribution in [0, 0.1) is 0 Å². The predicted octanol–water partition coefficient (Wildman–Crippen LogP) is 0.776. The summed E-state index contributed by atoms with van der Waals surface area (Å²) in [7, 11) is 1.21. The van der Waals surface area contributed by atoms with Crippen LogP contribution in [0.25, 0.3) is 0 Å². The van der Waals surface area contributed by atoms with Gasteiger partial charge >= 0.3 is 6.18 Å². The normalized spacial score (nSPS) is 11.8. The number of nitrogens with two attached hydrogens (primary N) is 1. The molecule has 0 aliphatic rings. The van der Waals surface area contributed by atoms with Crippen LogP contribution in [0.2, 0.25) is 0 Å². The van der Waals surface area contributed by atoms with Crippen molar-refractivity contribution < 1.29 is 17.9 Å². The highest BCUT2D eigenvalue weighted by molar-refractivity contribution is 5.27. The minimum absolute atomic E-state index is 0.0365. The van der Waals surface area contributed by atoms with Crippen molar-refractivity contribution in [2.24, 2.45) is 12.8 Å². The van der Waals surface area contributed by atoms with Crippen molar-refractivity contribution in [2.45, 2.75) is 6.18 Å². The van der Waals surface area contributed by atoms with Crippen LogP contribution in [-0.4, -0.2) is 22.9 Å². The van der Waals surface area contributed by atoms with Crippen LogP contribution in [0.15, 0.2) is 6.20 Å². The Morgan fingerprint density at radius 1 is 1.57 bits per heavy atom. The quantitative estimate of drug-likeness (QED) is 0.800. The van der Waals surface area contributed by atoms with Crippen molar-refractivity contribution in [3.63, 3.8) is 0 Å². The summed E-state index contributed by atoms with van der Waals surface area (Å²) < 4.78 is 42.7. The summed E-state index contributed by atoms with van der Waals surface area (Å²) in [5, 5.41) is 3.47. The van der Waals surface area contributed by atoms with Gasteiger partial charge in [0.15, 0.2) is 11.4 Å². The Kier molecular flexibility index (Phi) is 3.00. The molecule has 0 aromatic carbocycles. The molecule has 7 heteroatoms. The fourth-order valence-electron chi connectivity index (χ4n) is 1.02. The van der Waals surface area contributed by atoms with Gasteiger partial charge in [-0.15, -0.1) is 0 Å². The third-order valence-corrected chi connectivity index (χ3v) is 1.55. The number of halogens is 3. The molecule has 0 atom stereocenters. The van der Waals surface area contributed by atoms with Gasteiger partial charge in [-0.2, -0.15) is 18.3 Å². The standard InChI is InChI=1S/C7H10F3N3O/c1-13-6(7(8,9)10)5(4-12-13)14-3-2-11/h4H,2-3,11H2,1H3. The van der Waals surface area contributed by atoms with Crippen molar-refractivity contribution in [1.29, 1.82) is 0 Å². The Balaban J connectivity index is 2.95. The molecule has 0 unspecified atom stereocenters. The molecule has 2 N–H and O–H groups in total. The number of hydrogen-bond donors (Lipinski definition) is 1. The van der Waals surface area contributed by atoms with Gasteiger partial charge in [0, 0.05) is 13.6 Å². The van der Waals surface area contributed by atoms with E-state index in [2.05, 4.69) is 5.10 Å². The Labute approximate surface area is 78.4 Å². The lowest BCUT2D eigenvalue weighted by Gasteiger charge is -2.09. The molecule has 0 saturated heterocycles. The van der Waals surface area contributed by atoms with Crippen LogP contribution in [0.1, 0.15) is 5.69 Å². The molecule has 0 amide bonds. The first-order chi connectivity index (χ1) is 6.46. The second kappa shape index (κ2) is 3.87. The highest BCUT2D eigenvalue weighted by Crippen LogP contribution is 2.35. The zero-order valence-electron chi connectivity index (χ0n) is 7.51. The first kappa shape index (κ1) is 10.8. The van der Waals surface area contributed by atoms with E-state index in [1.807, 2.05) is 0 Å².